The van der Waals surface area contributed by atoms with Crippen molar-refractivity contribution in [3.05, 3.63) is 71.1 Å². The van der Waals surface area contributed by atoms with Gasteiger partial charge in [0.2, 0.25) is 10.6 Å². The summed E-state index contributed by atoms with van der Waals surface area (Å²) in [6.45, 7) is 0. The van der Waals surface area contributed by atoms with Crippen LogP contribution in [0.1, 0.15) is 5.56 Å². The molecule has 0 aliphatic carbocycles. The molecule has 0 atom stereocenters. The minimum atomic E-state index is 0.390. The normalized spacial score (nSPS) is 11.3. The van der Waals surface area contributed by atoms with Gasteiger partial charge < -0.3 is 4.74 Å². The van der Waals surface area contributed by atoms with Crippen molar-refractivity contribution in [1.82, 2.24) is 19.9 Å². The molecule has 128 valence electrons. The van der Waals surface area contributed by atoms with Crippen LogP contribution in [-0.4, -0.2) is 33.2 Å². The van der Waals surface area contributed by atoms with E-state index < -0.39 is 0 Å². The molecule has 2 aromatic heterocycles. The minimum absolute atomic E-state index is 0.390. The first-order valence-electron chi connectivity index (χ1n) is 7.97. The fraction of sp³-hybridized carbons (Fsp3) is 0.0526. The number of methoxy groups -OCH3 is 1. The standard InChI is InChI=1S/C19H15N5OS/c1-25-17-10-9-13-6-2-3-7-14(13)15(17)12-21-24-18(22-23-19(24)26)16-8-4-5-11-20-16/h2-12H,1H3,(H,23,26). The van der Waals surface area contributed by atoms with Gasteiger partial charge in [-0.05, 0) is 41.2 Å². The van der Waals surface area contributed by atoms with Gasteiger partial charge in [0, 0.05) is 11.8 Å². The third-order valence-electron chi connectivity index (χ3n) is 4.00. The number of fused-ring (bicyclic) bond motifs is 1. The van der Waals surface area contributed by atoms with Gasteiger partial charge >= 0.3 is 0 Å². The van der Waals surface area contributed by atoms with Crippen LogP contribution in [0.3, 0.4) is 0 Å². The van der Waals surface area contributed by atoms with E-state index in [9.17, 15) is 0 Å². The van der Waals surface area contributed by atoms with Gasteiger partial charge in [0.05, 0.1) is 13.3 Å². The number of nitrogens with one attached hydrogen (secondary N) is 1. The topological polar surface area (TPSA) is 68.1 Å². The van der Waals surface area contributed by atoms with E-state index in [1.54, 1.807) is 24.2 Å². The van der Waals surface area contributed by atoms with E-state index in [0.717, 1.165) is 22.1 Å². The lowest BCUT2D eigenvalue weighted by Gasteiger charge is -2.08. The van der Waals surface area contributed by atoms with Crippen molar-refractivity contribution in [2.45, 2.75) is 0 Å². The lowest BCUT2D eigenvalue weighted by molar-refractivity contribution is 0.415. The zero-order valence-electron chi connectivity index (χ0n) is 14.0. The molecule has 4 aromatic rings. The summed E-state index contributed by atoms with van der Waals surface area (Å²) in [6.07, 6.45) is 3.44. The Morgan fingerprint density at radius 3 is 2.77 bits per heavy atom. The number of nitrogens with zero attached hydrogens (tertiary/aromatic N) is 4. The zero-order chi connectivity index (χ0) is 17.9. The van der Waals surface area contributed by atoms with E-state index in [1.807, 2.05) is 48.5 Å². The van der Waals surface area contributed by atoms with Crippen molar-refractivity contribution >= 4 is 29.2 Å². The van der Waals surface area contributed by atoms with E-state index in [1.165, 1.54) is 0 Å². The average molecular weight is 361 g/mol. The third kappa shape index (κ3) is 2.89. The second-order valence-corrected chi connectivity index (χ2v) is 5.91. The molecule has 2 aromatic carbocycles. The van der Waals surface area contributed by atoms with Crippen molar-refractivity contribution in [2.24, 2.45) is 5.10 Å². The molecule has 0 bridgehead atoms. The SMILES string of the molecule is COc1ccc2ccccc2c1C=Nn1c(-c2ccccn2)n[nH]c1=S. The molecule has 0 fully saturated rings. The van der Waals surface area contributed by atoms with Crippen LogP contribution < -0.4 is 4.74 Å². The molecule has 0 radical (unpaired) electrons. The van der Waals surface area contributed by atoms with Gasteiger partial charge in [-0.25, -0.2) is 5.10 Å². The predicted molar refractivity (Wildman–Crippen MR) is 104 cm³/mol. The Hall–Kier alpha value is -3.32. The van der Waals surface area contributed by atoms with Gasteiger partial charge in [0.25, 0.3) is 0 Å². The maximum absolute atomic E-state index is 5.51. The summed E-state index contributed by atoms with van der Waals surface area (Å²) in [5.41, 5.74) is 1.56. The second kappa shape index (κ2) is 6.89. The van der Waals surface area contributed by atoms with Crippen molar-refractivity contribution in [3.63, 3.8) is 0 Å². The Bertz CT molecular complexity index is 1150. The number of benzene rings is 2. The Kier molecular flexibility index (Phi) is 4.28. The summed E-state index contributed by atoms with van der Waals surface area (Å²) in [5, 5.41) is 13.7. The Labute approximate surface area is 154 Å². The molecule has 0 saturated heterocycles. The number of pyridine rings is 1. The van der Waals surface area contributed by atoms with E-state index in [2.05, 4.69) is 26.3 Å². The van der Waals surface area contributed by atoms with Crippen LogP contribution in [0.25, 0.3) is 22.3 Å². The van der Waals surface area contributed by atoms with Crippen molar-refractivity contribution in [2.75, 3.05) is 7.11 Å². The number of aromatic amines is 1. The largest absolute Gasteiger partial charge is 0.496 e. The summed E-state index contributed by atoms with van der Waals surface area (Å²) < 4.78 is 7.45. The fourth-order valence-corrected chi connectivity index (χ4v) is 2.94. The molecule has 1 N–H and O–H groups in total. The van der Waals surface area contributed by atoms with E-state index in [4.69, 9.17) is 17.0 Å². The van der Waals surface area contributed by atoms with E-state index in [0.29, 0.717) is 16.3 Å². The van der Waals surface area contributed by atoms with Gasteiger partial charge in [-0.15, -0.1) is 0 Å². The van der Waals surface area contributed by atoms with Crippen LogP contribution in [-0.2, 0) is 0 Å². The molecule has 26 heavy (non-hydrogen) atoms. The highest BCUT2D eigenvalue weighted by Crippen LogP contribution is 2.26. The highest BCUT2D eigenvalue weighted by atomic mass is 32.1. The molecule has 0 saturated carbocycles. The maximum atomic E-state index is 5.51. The number of hydrogen-bond acceptors (Lipinski definition) is 5. The summed E-state index contributed by atoms with van der Waals surface area (Å²) in [5.74, 6) is 1.29. The molecular weight excluding hydrogens is 346 g/mol. The molecular formula is C19H15N5OS. The first-order valence-corrected chi connectivity index (χ1v) is 8.37. The van der Waals surface area contributed by atoms with Crippen LogP contribution in [0, 0.1) is 4.77 Å². The van der Waals surface area contributed by atoms with Crippen molar-refractivity contribution in [3.8, 4) is 17.3 Å². The smallest absolute Gasteiger partial charge is 0.216 e. The van der Waals surface area contributed by atoms with Crippen LogP contribution in [0.4, 0.5) is 0 Å². The third-order valence-corrected chi connectivity index (χ3v) is 4.26. The zero-order valence-corrected chi connectivity index (χ0v) is 14.8. The molecule has 0 aliphatic rings. The molecule has 7 heteroatoms. The monoisotopic (exact) mass is 361 g/mol. The maximum Gasteiger partial charge on any atom is 0.216 e. The highest BCUT2D eigenvalue weighted by Gasteiger charge is 2.10. The first-order chi connectivity index (χ1) is 12.8. The Morgan fingerprint density at radius 1 is 1.12 bits per heavy atom. The molecule has 2 heterocycles. The summed E-state index contributed by atoms with van der Waals surface area (Å²) in [6, 6.07) is 17.6. The Morgan fingerprint density at radius 2 is 1.96 bits per heavy atom. The summed E-state index contributed by atoms with van der Waals surface area (Å²) in [4.78, 5) is 4.31. The number of ether oxygens (including phenoxy) is 1. The van der Waals surface area contributed by atoms with Gasteiger partial charge in [0.15, 0.2) is 0 Å². The number of rotatable bonds is 4. The second-order valence-electron chi connectivity index (χ2n) is 5.53. The summed E-state index contributed by atoms with van der Waals surface area (Å²) in [7, 11) is 1.64. The molecule has 6 nitrogen and oxygen atoms in total. The van der Waals surface area contributed by atoms with Crippen LogP contribution in [0.5, 0.6) is 5.75 Å². The molecule has 0 aliphatic heterocycles. The Balaban J connectivity index is 1.85. The van der Waals surface area contributed by atoms with Crippen molar-refractivity contribution < 1.29 is 4.74 Å². The number of H-pyrrole nitrogens is 1. The minimum Gasteiger partial charge on any atom is -0.496 e. The quantitative estimate of drug-likeness (QED) is 0.440. The fourth-order valence-electron chi connectivity index (χ4n) is 2.76. The molecule has 0 unspecified atom stereocenters. The van der Waals surface area contributed by atoms with Gasteiger partial charge in [-0.1, -0.05) is 36.4 Å². The van der Waals surface area contributed by atoms with Gasteiger partial charge in [-0.3, -0.25) is 4.98 Å². The number of hydrogen-bond donors (Lipinski definition) is 1. The van der Waals surface area contributed by atoms with E-state index >= 15 is 0 Å². The summed E-state index contributed by atoms with van der Waals surface area (Å²) >= 11 is 5.32. The van der Waals surface area contributed by atoms with Gasteiger partial charge in [-0.2, -0.15) is 14.9 Å². The lowest BCUT2D eigenvalue weighted by atomic mass is 10.0. The number of aromatic nitrogens is 4. The van der Waals surface area contributed by atoms with Crippen LogP contribution in [0.2, 0.25) is 0 Å². The average Bonchev–Trinajstić information content (AvgIpc) is 3.07. The molecule has 0 amide bonds. The van der Waals surface area contributed by atoms with Crippen molar-refractivity contribution in [1.29, 1.82) is 0 Å². The van der Waals surface area contributed by atoms with Crippen LogP contribution >= 0.6 is 12.2 Å². The van der Waals surface area contributed by atoms with Gasteiger partial charge in [0.1, 0.15) is 11.4 Å². The predicted octanol–water partition coefficient (Wildman–Crippen LogP) is 4.05. The van der Waals surface area contributed by atoms with E-state index in [-0.39, 0.29) is 0 Å². The highest BCUT2D eigenvalue weighted by molar-refractivity contribution is 7.71. The first kappa shape index (κ1) is 16.2. The van der Waals surface area contributed by atoms with Crippen LogP contribution in [0.15, 0.2) is 65.9 Å². The molecule has 4 rings (SSSR count). The lowest BCUT2D eigenvalue weighted by Crippen LogP contribution is -1.98. The molecule has 0 spiro atoms.